The summed E-state index contributed by atoms with van der Waals surface area (Å²) >= 11 is 0. The number of primary amides is 2. The smallest absolute Gasteiger partial charge is 0.357 e. The van der Waals surface area contributed by atoms with Crippen molar-refractivity contribution in [3.05, 3.63) is 0 Å². The summed E-state index contributed by atoms with van der Waals surface area (Å²) in [7, 11) is 0. The maximum atomic E-state index is 9.66. The fourth-order valence-electron chi connectivity index (χ4n) is 0.0986. The normalized spacial score (nSPS) is 6.29. The number of carboxylic acid groups (broad SMARTS) is 1. The number of carbonyl (C=O) groups excluding carboxylic acids is 2. The molecular formula is C3H10N4O6Zn. The number of urea groups is 2. The summed E-state index contributed by atoms with van der Waals surface area (Å²) in [6, 6.07) is -2.08. The van der Waals surface area contributed by atoms with Crippen molar-refractivity contribution in [2.45, 2.75) is 0 Å². The Morgan fingerprint density at radius 1 is 1.07 bits per heavy atom. The number of azo groups is 1. The molecule has 11 heteroatoms. The largest absolute Gasteiger partial charge is 0.483 e. The van der Waals surface area contributed by atoms with Gasteiger partial charge in [-0.1, -0.05) is 10.2 Å². The first-order chi connectivity index (χ1) is 5.04. The first-order valence-corrected chi connectivity index (χ1v) is 2.13. The maximum Gasteiger partial charge on any atom is 0.357 e. The van der Waals surface area contributed by atoms with Gasteiger partial charge in [0.05, 0.1) is 0 Å². The Balaban J connectivity index is -0.0000000405. The molecule has 0 saturated heterocycles. The zero-order chi connectivity index (χ0) is 9.28. The van der Waals surface area contributed by atoms with Gasteiger partial charge in [-0.05, 0) is 0 Å². The van der Waals surface area contributed by atoms with Crippen LogP contribution in [0.25, 0.3) is 0 Å². The van der Waals surface area contributed by atoms with E-state index in [-0.39, 0.29) is 36.9 Å². The topological polar surface area (TPSA) is 211 Å². The second kappa shape index (κ2) is 22.6. The third-order valence-corrected chi connectivity index (χ3v) is 0.247. The molecule has 4 amide bonds. The molecule has 0 atom stereocenters. The second-order valence-electron chi connectivity index (χ2n) is 0.982. The molecule has 14 heavy (non-hydrogen) atoms. The van der Waals surface area contributed by atoms with Gasteiger partial charge >= 0.3 is 12.1 Å². The minimum Gasteiger partial charge on any atom is -0.483 e. The van der Waals surface area contributed by atoms with Crippen molar-refractivity contribution in [3.63, 3.8) is 0 Å². The molecule has 0 aliphatic heterocycles. The molecule has 80 valence electrons. The monoisotopic (exact) mass is 262 g/mol. The summed E-state index contributed by atoms with van der Waals surface area (Å²) in [6.07, 6.45) is 0. The summed E-state index contributed by atoms with van der Waals surface area (Å²) in [5, 5.41) is 12.1. The fourth-order valence-corrected chi connectivity index (χ4v) is 0.0986. The summed E-state index contributed by atoms with van der Waals surface area (Å²) in [6.45, 7) is -0.250. The average Bonchev–Trinajstić information content (AvgIpc) is 1.85. The first kappa shape index (κ1) is 29.4. The van der Waals surface area contributed by atoms with Gasteiger partial charge < -0.3 is 27.5 Å². The second-order valence-corrected chi connectivity index (χ2v) is 0.982. The van der Waals surface area contributed by atoms with Crippen molar-refractivity contribution >= 4 is 18.5 Å². The van der Waals surface area contributed by atoms with Gasteiger partial charge in [0.2, 0.25) is 0 Å². The zero-order valence-electron chi connectivity index (χ0n) is 7.01. The van der Waals surface area contributed by atoms with Gasteiger partial charge in [0.15, 0.2) is 0 Å². The van der Waals surface area contributed by atoms with Gasteiger partial charge in [0.1, 0.15) is 0 Å². The number of nitrogens with zero attached hydrogens (tertiary/aromatic N) is 2. The molecule has 0 radical (unpaired) electrons. The maximum absolute atomic E-state index is 9.66. The minimum absolute atomic E-state index is 0. The van der Waals surface area contributed by atoms with Crippen molar-refractivity contribution in [1.29, 1.82) is 0 Å². The van der Waals surface area contributed by atoms with Gasteiger partial charge in [-0.15, -0.1) is 0 Å². The Labute approximate surface area is 90.7 Å². The van der Waals surface area contributed by atoms with Crippen LogP contribution in [0, 0.1) is 0 Å². The third-order valence-electron chi connectivity index (χ3n) is 0.247. The van der Waals surface area contributed by atoms with Gasteiger partial charge in [-0.3, -0.25) is 4.79 Å². The van der Waals surface area contributed by atoms with Gasteiger partial charge in [0.25, 0.3) is 6.47 Å². The Bertz CT molecular complexity index is 168. The Morgan fingerprint density at radius 3 is 1.29 bits per heavy atom. The van der Waals surface area contributed by atoms with Crippen molar-refractivity contribution in [2.75, 3.05) is 0 Å². The van der Waals surface area contributed by atoms with E-state index in [0.717, 1.165) is 0 Å². The number of carbonyl (C=O) groups is 3. The van der Waals surface area contributed by atoms with E-state index in [0.29, 0.717) is 0 Å². The van der Waals surface area contributed by atoms with E-state index in [4.69, 9.17) is 9.90 Å². The molecule has 0 aromatic carbocycles. The molecule has 0 aromatic rings. The van der Waals surface area contributed by atoms with Crippen LogP contribution in [0.1, 0.15) is 0 Å². The standard InChI is InChI=1S/C2H4N4O2.CH2O2.2H2O.Zn/c3-1(7)5-6-2(4)8;2-1-3;;;/h(H2,3,7)(H2,4,8);1H,(H,2,3);2*1H2;/b6-5+;;;;. The number of hydrogen-bond donors (Lipinski definition) is 3. The van der Waals surface area contributed by atoms with Crippen molar-refractivity contribution in [2.24, 2.45) is 21.7 Å². The van der Waals surface area contributed by atoms with Crippen molar-refractivity contribution in [3.8, 4) is 0 Å². The predicted molar refractivity (Wildman–Crippen MR) is 39.9 cm³/mol. The van der Waals surface area contributed by atoms with E-state index in [1.165, 1.54) is 0 Å². The van der Waals surface area contributed by atoms with Gasteiger partial charge in [0, 0.05) is 19.5 Å². The van der Waals surface area contributed by atoms with Crippen molar-refractivity contribution < 1.29 is 49.9 Å². The Kier molecular flexibility index (Phi) is 47.3. The number of nitrogens with two attached hydrogens (primary N) is 2. The van der Waals surface area contributed by atoms with Crippen LogP contribution in [0.5, 0.6) is 0 Å². The molecule has 0 unspecified atom stereocenters. The molecular weight excluding hydrogens is 253 g/mol. The van der Waals surface area contributed by atoms with Crippen LogP contribution in [0.15, 0.2) is 10.2 Å². The summed E-state index contributed by atoms with van der Waals surface area (Å²) in [4.78, 5) is 27.7. The third kappa shape index (κ3) is 76.3. The average molecular weight is 264 g/mol. The summed E-state index contributed by atoms with van der Waals surface area (Å²) in [5.41, 5.74) is 8.87. The van der Waals surface area contributed by atoms with E-state index in [9.17, 15) is 9.59 Å². The SMILES string of the molecule is NC(=O)/N=N/C(N)=O.O.O.O=CO.[Zn]. The summed E-state index contributed by atoms with van der Waals surface area (Å²) < 4.78 is 0. The van der Waals surface area contributed by atoms with E-state index in [1.54, 1.807) is 0 Å². The number of rotatable bonds is 0. The zero-order valence-corrected chi connectivity index (χ0v) is 9.97. The molecule has 0 saturated carbocycles. The predicted octanol–water partition coefficient (Wildman–Crippen LogP) is -2.36. The number of amides is 4. The van der Waals surface area contributed by atoms with Crippen LogP contribution in [0.4, 0.5) is 9.59 Å². The molecule has 0 aliphatic rings. The minimum atomic E-state index is -1.04. The Morgan fingerprint density at radius 2 is 1.21 bits per heavy atom. The molecule has 0 aliphatic carbocycles. The molecule has 10 nitrogen and oxygen atoms in total. The van der Waals surface area contributed by atoms with Crippen LogP contribution in [-0.2, 0) is 24.3 Å². The van der Waals surface area contributed by atoms with Crippen LogP contribution in [0.3, 0.4) is 0 Å². The van der Waals surface area contributed by atoms with Crippen LogP contribution in [0.2, 0.25) is 0 Å². The molecule has 9 N–H and O–H groups in total. The first-order valence-electron chi connectivity index (χ1n) is 2.13. The molecule has 0 spiro atoms. The van der Waals surface area contributed by atoms with Crippen LogP contribution < -0.4 is 11.5 Å². The van der Waals surface area contributed by atoms with Crippen LogP contribution >= 0.6 is 0 Å². The quantitative estimate of drug-likeness (QED) is 0.248. The van der Waals surface area contributed by atoms with E-state index < -0.39 is 12.1 Å². The van der Waals surface area contributed by atoms with E-state index in [1.807, 2.05) is 0 Å². The van der Waals surface area contributed by atoms with Gasteiger partial charge in [-0.25, -0.2) is 9.59 Å². The van der Waals surface area contributed by atoms with E-state index in [2.05, 4.69) is 21.7 Å². The Hall–Kier alpha value is -1.45. The molecule has 0 fully saturated rings. The fraction of sp³-hybridized carbons (Fsp3) is 0. The summed E-state index contributed by atoms with van der Waals surface area (Å²) in [5.74, 6) is 0. The molecule has 0 rings (SSSR count). The molecule has 0 heterocycles. The van der Waals surface area contributed by atoms with Crippen molar-refractivity contribution in [1.82, 2.24) is 0 Å². The van der Waals surface area contributed by atoms with Gasteiger partial charge in [-0.2, -0.15) is 0 Å². The number of hydrogen-bond acceptors (Lipinski definition) is 3. The van der Waals surface area contributed by atoms with Crippen LogP contribution in [-0.4, -0.2) is 34.6 Å². The molecule has 0 aromatic heterocycles. The van der Waals surface area contributed by atoms with E-state index >= 15 is 0 Å². The molecule has 0 bridgehead atoms.